The summed E-state index contributed by atoms with van der Waals surface area (Å²) in [4.78, 5) is 19.7. The van der Waals surface area contributed by atoms with Gasteiger partial charge in [0.25, 0.3) is 0 Å². The predicted octanol–water partition coefficient (Wildman–Crippen LogP) is 4.64. The molecule has 2 aromatic heterocycles. The van der Waals surface area contributed by atoms with E-state index in [2.05, 4.69) is 15.1 Å². The fourth-order valence-electron chi connectivity index (χ4n) is 6.95. The molecule has 8 rings (SSSR count). The Morgan fingerprint density at radius 1 is 1.07 bits per heavy atom. The number of aromatic nitrogens is 3. The van der Waals surface area contributed by atoms with Gasteiger partial charge >= 0.3 is 6.01 Å². The van der Waals surface area contributed by atoms with Crippen LogP contribution >= 0.6 is 11.6 Å². The zero-order valence-electron chi connectivity index (χ0n) is 23.6. The number of ether oxygens (including phenoxy) is 2. The molecule has 10 heteroatoms. The van der Waals surface area contributed by atoms with E-state index in [0.717, 1.165) is 97.5 Å². The van der Waals surface area contributed by atoms with Crippen LogP contribution in [0.1, 0.15) is 25.7 Å². The second-order valence-corrected chi connectivity index (χ2v) is 12.9. The molecule has 0 amide bonds. The number of nitrogens with zero attached hydrogens (tertiary/aromatic N) is 5. The summed E-state index contributed by atoms with van der Waals surface area (Å²) in [5.74, 6) is 1.01. The SMILES string of the molecule is Oc1cc(-c2cnc3c(N4CC5CCC(C4)N5)nc(OCC4(CN5CCOCC5)CC4)nc3c2)c2c(Cl)cccc2c1. The fraction of sp³-hybridized carbons (Fsp3) is 0.469. The highest BCUT2D eigenvalue weighted by Crippen LogP contribution is 2.47. The van der Waals surface area contributed by atoms with Gasteiger partial charge in [-0.1, -0.05) is 23.7 Å². The second-order valence-electron chi connectivity index (χ2n) is 12.5. The molecule has 2 bridgehead atoms. The van der Waals surface area contributed by atoms with Crippen molar-refractivity contribution in [3.63, 3.8) is 0 Å². The van der Waals surface area contributed by atoms with Crippen LogP contribution in [0.25, 0.3) is 32.9 Å². The topological polar surface area (TPSA) is 95.9 Å². The lowest BCUT2D eigenvalue weighted by molar-refractivity contribution is 0.0231. The van der Waals surface area contributed by atoms with Gasteiger partial charge < -0.3 is 24.8 Å². The van der Waals surface area contributed by atoms with Crippen LogP contribution in [0.4, 0.5) is 5.82 Å². The van der Waals surface area contributed by atoms with Crippen LogP contribution in [0, 0.1) is 5.41 Å². The number of rotatable bonds is 7. The molecular formula is C32H35ClN6O3. The Kier molecular flexibility index (Phi) is 6.59. The van der Waals surface area contributed by atoms with Crippen molar-refractivity contribution in [2.45, 2.75) is 37.8 Å². The number of benzene rings is 2. The third-order valence-electron chi connectivity index (χ3n) is 9.36. The zero-order chi connectivity index (χ0) is 28.3. The van der Waals surface area contributed by atoms with E-state index in [4.69, 9.17) is 36.0 Å². The molecule has 42 heavy (non-hydrogen) atoms. The highest BCUT2D eigenvalue weighted by atomic mass is 35.5. The number of pyridine rings is 1. The standard InChI is InChI=1S/C32H35ClN6O3/c33-26-3-1-2-20-12-24(40)14-25(28(20)26)21-13-27-29(34-15-21)30(39-16-22-4-5-23(17-39)35-22)37-31(36-27)42-19-32(6-7-32)18-38-8-10-41-11-9-38/h1-3,12-15,22-23,35,40H,4-11,16-19H2. The number of fused-ring (bicyclic) bond motifs is 4. The molecule has 1 saturated carbocycles. The molecule has 2 unspecified atom stereocenters. The van der Waals surface area contributed by atoms with E-state index >= 15 is 0 Å². The number of nitrogens with one attached hydrogen (secondary N) is 1. The lowest BCUT2D eigenvalue weighted by Crippen LogP contribution is -2.51. The van der Waals surface area contributed by atoms with E-state index in [-0.39, 0.29) is 11.2 Å². The van der Waals surface area contributed by atoms with Crippen LogP contribution in [0.2, 0.25) is 5.02 Å². The maximum absolute atomic E-state index is 10.5. The van der Waals surface area contributed by atoms with Gasteiger partial charge in [-0.05, 0) is 60.9 Å². The Morgan fingerprint density at radius 3 is 2.67 bits per heavy atom. The molecule has 3 saturated heterocycles. The molecule has 2 aromatic carbocycles. The summed E-state index contributed by atoms with van der Waals surface area (Å²) < 4.78 is 12.0. The largest absolute Gasteiger partial charge is 0.508 e. The fourth-order valence-corrected chi connectivity index (χ4v) is 7.24. The lowest BCUT2D eigenvalue weighted by atomic mass is 9.98. The number of halogens is 1. The highest BCUT2D eigenvalue weighted by molar-refractivity contribution is 6.36. The molecule has 3 aliphatic heterocycles. The minimum absolute atomic E-state index is 0.154. The first kappa shape index (κ1) is 26.4. The summed E-state index contributed by atoms with van der Waals surface area (Å²) >= 11 is 6.66. The number of morpholine rings is 1. The number of hydrogen-bond donors (Lipinski definition) is 2. The van der Waals surface area contributed by atoms with E-state index in [1.54, 1.807) is 12.1 Å². The van der Waals surface area contributed by atoms with Crippen LogP contribution in [0.5, 0.6) is 11.8 Å². The second kappa shape index (κ2) is 10.5. The quantitative estimate of drug-likeness (QED) is 0.321. The molecule has 2 atom stereocenters. The van der Waals surface area contributed by atoms with Gasteiger partial charge in [0, 0.05) is 72.4 Å². The third kappa shape index (κ3) is 5.02. The highest BCUT2D eigenvalue weighted by Gasteiger charge is 2.45. The molecule has 9 nitrogen and oxygen atoms in total. The van der Waals surface area contributed by atoms with Crippen LogP contribution < -0.4 is 15.0 Å². The Bertz CT molecular complexity index is 1640. The number of phenolic OH excluding ortho intramolecular Hbond substituents is 1. The Hall–Kier alpha value is -3.24. The van der Waals surface area contributed by atoms with Gasteiger partial charge in [-0.3, -0.25) is 9.88 Å². The summed E-state index contributed by atoms with van der Waals surface area (Å²) in [6.07, 6.45) is 6.51. The Labute approximate surface area is 249 Å². The molecule has 5 heterocycles. The predicted molar refractivity (Wildman–Crippen MR) is 164 cm³/mol. The lowest BCUT2D eigenvalue weighted by Gasteiger charge is -2.34. The van der Waals surface area contributed by atoms with Crippen molar-refractivity contribution in [1.82, 2.24) is 25.2 Å². The smallest absolute Gasteiger partial charge is 0.319 e. The van der Waals surface area contributed by atoms with E-state index in [1.165, 1.54) is 12.8 Å². The first-order valence-corrected chi connectivity index (χ1v) is 15.4. The number of hydrogen-bond acceptors (Lipinski definition) is 9. The van der Waals surface area contributed by atoms with Crippen molar-refractivity contribution in [3.8, 4) is 22.9 Å². The van der Waals surface area contributed by atoms with Crippen molar-refractivity contribution >= 4 is 39.2 Å². The number of phenols is 1. The van der Waals surface area contributed by atoms with Crippen LogP contribution in [-0.4, -0.2) is 89.6 Å². The van der Waals surface area contributed by atoms with Gasteiger partial charge in [0.05, 0.1) is 25.3 Å². The molecule has 4 aliphatic rings. The number of aromatic hydroxyl groups is 1. The summed E-state index contributed by atoms with van der Waals surface area (Å²) in [6, 6.07) is 12.5. The first-order valence-electron chi connectivity index (χ1n) is 15.1. The maximum atomic E-state index is 10.5. The molecule has 0 spiro atoms. The summed E-state index contributed by atoms with van der Waals surface area (Å²) in [5.41, 5.74) is 3.28. The molecule has 4 aromatic rings. The van der Waals surface area contributed by atoms with E-state index in [9.17, 15) is 5.11 Å². The minimum atomic E-state index is 0.154. The normalized spacial score (nSPS) is 23.5. The van der Waals surface area contributed by atoms with Crippen molar-refractivity contribution < 1.29 is 14.6 Å². The van der Waals surface area contributed by atoms with Crippen molar-refractivity contribution in [1.29, 1.82) is 0 Å². The molecule has 2 N–H and O–H groups in total. The van der Waals surface area contributed by atoms with Gasteiger partial charge in [0.15, 0.2) is 5.82 Å². The van der Waals surface area contributed by atoms with Gasteiger partial charge in [0.1, 0.15) is 11.3 Å². The monoisotopic (exact) mass is 586 g/mol. The average Bonchev–Trinajstić information content (AvgIpc) is 3.69. The molecular weight excluding hydrogens is 552 g/mol. The van der Waals surface area contributed by atoms with Crippen LogP contribution in [0.15, 0.2) is 42.6 Å². The van der Waals surface area contributed by atoms with E-state index < -0.39 is 0 Å². The summed E-state index contributed by atoms with van der Waals surface area (Å²) in [6.45, 7) is 6.96. The average molecular weight is 587 g/mol. The molecule has 4 fully saturated rings. The van der Waals surface area contributed by atoms with Crippen molar-refractivity contribution in [2.75, 3.05) is 57.4 Å². The van der Waals surface area contributed by atoms with E-state index in [0.29, 0.717) is 29.7 Å². The van der Waals surface area contributed by atoms with Crippen LogP contribution in [-0.2, 0) is 4.74 Å². The Morgan fingerprint density at radius 2 is 1.88 bits per heavy atom. The molecule has 218 valence electrons. The van der Waals surface area contributed by atoms with Crippen molar-refractivity contribution in [2.24, 2.45) is 5.41 Å². The van der Waals surface area contributed by atoms with Crippen molar-refractivity contribution in [3.05, 3.63) is 47.6 Å². The van der Waals surface area contributed by atoms with Gasteiger partial charge in [-0.25, -0.2) is 0 Å². The zero-order valence-corrected chi connectivity index (χ0v) is 24.3. The maximum Gasteiger partial charge on any atom is 0.319 e. The van der Waals surface area contributed by atoms with Crippen LogP contribution in [0.3, 0.4) is 0 Å². The number of piperazine rings is 1. The first-order chi connectivity index (χ1) is 20.5. The Balaban J connectivity index is 1.17. The van der Waals surface area contributed by atoms with Gasteiger partial charge in [0.2, 0.25) is 0 Å². The van der Waals surface area contributed by atoms with Gasteiger partial charge in [-0.2, -0.15) is 9.97 Å². The molecule has 1 aliphatic carbocycles. The summed E-state index contributed by atoms with van der Waals surface area (Å²) in [5, 5.41) is 16.6. The molecule has 0 radical (unpaired) electrons. The summed E-state index contributed by atoms with van der Waals surface area (Å²) in [7, 11) is 0. The third-order valence-corrected chi connectivity index (χ3v) is 9.68. The minimum Gasteiger partial charge on any atom is -0.508 e. The van der Waals surface area contributed by atoms with Gasteiger partial charge in [-0.15, -0.1) is 0 Å². The number of anilines is 1. The van der Waals surface area contributed by atoms with E-state index in [1.807, 2.05) is 30.5 Å².